The molecule has 0 bridgehead atoms. The SMILES string of the molecule is Cc1cn(-c2cccc(COc3cc(N)nc4[nH]nnc34)c2)cn1. The van der Waals surface area contributed by atoms with Crippen LogP contribution in [-0.2, 0) is 6.61 Å². The molecule has 8 heteroatoms. The largest absolute Gasteiger partial charge is 0.486 e. The molecule has 24 heavy (non-hydrogen) atoms. The minimum absolute atomic E-state index is 0.353. The number of aromatic nitrogens is 6. The van der Waals surface area contributed by atoms with Crippen molar-refractivity contribution in [1.82, 2.24) is 29.9 Å². The van der Waals surface area contributed by atoms with E-state index in [2.05, 4.69) is 25.4 Å². The molecule has 120 valence electrons. The number of hydrogen-bond donors (Lipinski definition) is 2. The lowest BCUT2D eigenvalue weighted by Crippen LogP contribution is -2.00. The van der Waals surface area contributed by atoms with Gasteiger partial charge in [0.2, 0.25) is 0 Å². The predicted molar refractivity (Wildman–Crippen MR) is 88.7 cm³/mol. The summed E-state index contributed by atoms with van der Waals surface area (Å²) < 4.78 is 7.84. The smallest absolute Gasteiger partial charge is 0.181 e. The van der Waals surface area contributed by atoms with Crippen molar-refractivity contribution in [2.24, 2.45) is 0 Å². The average molecular weight is 321 g/mol. The number of H-pyrrole nitrogens is 1. The molecule has 0 spiro atoms. The molecule has 0 unspecified atom stereocenters. The van der Waals surface area contributed by atoms with Crippen molar-refractivity contribution in [1.29, 1.82) is 0 Å². The van der Waals surface area contributed by atoms with Crippen LogP contribution in [-0.4, -0.2) is 29.9 Å². The molecule has 0 atom stereocenters. The third-order valence-corrected chi connectivity index (χ3v) is 3.60. The molecular weight excluding hydrogens is 306 g/mol. The number of nitrogens with zero attached hydrogens (tertiary/aromatic N) is 5. The summed E-state index contributed by atoms with van der Waals surface area (Å²) >= 11 is 0. The van der Waals surface area contributed by atoms with Gasteiger partial charge in [-0.25, -0.2) is 15.1 Å². The lowest BCUT2D eigenvalue weighted by atomic mass is 10.2. The van der Waals surface area contributed by atoms with Gasteiger partial charge in [-0.15, -0.1) is 5.10 Å². The fraction of sp³-hybridized carbons (Fsp3) is 0.125. The Bertz CT molecular complexity index is 1000. The number of aromatic amines is 1. The molecule has 0 aliphatic heterocycles. The lowest BCUT2D eigenvalue weighted by molar-refractivity contribution is 0.309. The summed E-state index contributed by atoms with van der Waals surface area (Å²) in [6.45, 7) is 2.34. The summed E-state index contributed by atoms with van der Waals surface area (Å²) in [5, 5.41) is 10.4. The zero-order valence-electron chi connectivity index (χ0n) is 13.0. The summed E-state index contributed by atoms with van der Waals surface area (Å²) in [7, 11) is 0. The lowest BCUT2D eigenvalue weighted by Gasteiger charge is -2.09. The van der Waals surface area contributed by atoms with Crippen molar-refractivity contribution in [3.8, 4) is 11.4 Å². The first-order chi connectivity index (χ1) is 11.7. The van der Waals surface area contributed by atoms with Crippen LogP contribution < -0.4 is 10.5 Å². The number of nitrogens with one attached hydrogen (secondary N) is 1. The third-order valence-electron chi connectivity index (χ3n) is 3.60. The maximum absolute atomic E-state index is 5.87. The number of hydrogen-bond acceptors (Lipinski definition) is 6. The van der Waals surface area contributed by atoms with Crippen molar-refractivity contribution in [3.63, 3.8) is 0 Å². The number of nitrogen functional groups attached to an aromatic ring is 1. The molecule has 0 amide bonds. The van der Waals surface area contributed by atoms with Crippen molar-refractivity contribution in [2.45, 2.75) is 13.5 Å². The Balaban J connectivity index is 1.58. The van der Waals surface area contributed by atoms with E-state index >= 15 is 0 Å². The highest BCUT2D eigenvalue weighted by atomic mass is 16.5. The van der Waals surface area contributed by atoms with Crippen LogP contribution in [0.4, 0.5) is 5.82 Å². The second-order valence-corrected chi connectivity index (χ2v) is 5.44. The Morgan fingerprint density at radius 2 is 2.21 bits per heavy atom. The second kappa shape index (κ2) is 5.65. The zero-order valence-corrected chi connectivity index (χ0v) is 13.0. The number of rotatable bonds is 4. The number of anilines is 1. The van der Waals surface area contributed by atoms with Crippen molar-refractivity contribution >= 4 is 17.0 Å². The first kappa shape index (κ1) is 14.2. The number of nitrogens with two attached hydrogens (primary N) is 1. The molecule has 1 aromatic carbocycles. The highest BCUT2D eigenvalue weighted by molar-refractivity contribution is 5.78. The van der Waals surface area contributed by atoms with Crippen molar-refractivity contribution in [2.75, 3.05) is 5.73 Å². The Morgan fingerprint density at radius 3 is 3.04 bits per heavy atom. The third kappa shape index (κ3) is 2.65. The number of aryl methyl sites for hydroxylation is 1. The van der Waals surface area contributed by atoms with Crippen LogP contribution >= 0.6 is 0 Å². The molecule has 4 rings (SSSR count). The maximum atomic E-state index is 5.87. The quantitative estimate of drug-likeness (QED) is 0.595. The van der Waals surface area contributed by atoms with Crippen LogP contribution in [0.15, 0.2) is 42.9 Å². The van der Waals surface area contributed by atoms with Gasteiger partial charge in [0.25, 0.3) is 0 Å². The summed E-state index contributed by atoms with van der Waals surface area (Å²) in [6, 6.07) is 9.69. The molecule has 3 N–H and O–H groups in total. The molecule has 8 nitrogen and oxygen atoms in total. The van der Waals surface area contributed by atoms with E-state index in [0.717, 1.165) is 16.9 Å². The van der Waals surface area contributed by atoms with Gasteiger partial charge in [-0.3, -0.25) is 0 Å². The Hall–Kier alpha value is -3.42. The molecule has 0 fully saturated rings. The standard InChI is InChI=1S/C16H15N7O/c1-10-7-23(9-18-10)12-4-2-3-11(5-12)8-24-13-6-14(17)19-16-15(13)20-22-21-16/h2-7,9H,8H2,1H3,(H3,17,19,20,21,22). The van der Waals surface area contributed by atoms with Crippen LogP contribution in [0.25, 0.3) is 16.9 Å². The zero-order chi connectivity index (χ0) is 16.5. The maximum Gasteiger partial charge on any atom is 0.181 e. The minimum Gasteiger partial charge on any atom is -0.486 e. The first-order valence-corrected chi connectivity index (χ1v) is 7.39. The Labute approximate surface area is 137 Å². The van der Waals surface area contributed by atoms with Gasteiger partial charge >= 0.3 is 0 Å². The van der Waals surface area contributed by atoms with Gasteiger partial charge in [-0.1, -0.05) is 17.3 Å². The van der Waals surface area contributed by atoms with E-state index in [-0.39, 0.29) is 0 Å². The molecule has 0 aliphatic rings. The number of benzene rings is 1. The highest BCUT2D eigenvalue weighted by Gasteiger charge is 2.09. The fourth-order valence-electron chi connectivity index (χ4n) is 2.47. The van der Waals surface area contributed by atoms with Gasteiger partial charge in [-0.05, 0) is 24.6 Å². The summed E-state index contributed by atoms with van der Waals surface area (Å²) in [6.07, 6.45) is 3.76. The van der Waals surface area contributed by atoms with Gasteiger partial charge < -0.3 is 15.0 Å². The molecule has 4 aromatic rings. The van der Waals surface area contributed by atoms with Gasteiger partial charge in [0.15, 0.2) is 16.9 Å². The summed E-state index contributed by atoms with van der Waals surface area (Å²) in [5.74, 6) is 0.904. The topological polar surface area (TPSA) is 108 Å². The summed E-state index contributed by atoms with van der Waals surface area (Å²) in [4.78, 5) is 8.36. The van der Waals surface area contributed by atoms with Crippen LogP contribution in [0.2, 0.25) is 0 Å². The van der Waals surface area contributed by atoms with E-state index in [0.29, 0.717) is 29.3 Å². The molecule has 0 radical (unpaired) electrons. The fourth-order valence-corrected chi connectivity index (χ4v) is 2.47. The molecular formula is C16H15N7O. The molecule has 0 saturated carbocycles. The monoisotopic (exact) mass is 321 g/mol. The van der Waals surface area contributed by atoms with Gasteiger partial charge in [0.1, 0.15) is 12.4 Å². The Kier molecular flexibility index (Phi) is 3.34. The molecule has 3 heterocycles. The van der Waals surface area contributed by atoms with Crippen LogP contribution in [0.5, 0.6) is 5.75 Å². The van der Waals surface area contributed by atoms with Crippen molar-refractivity contribution in [3.05, 3.63) is 54.1 Å². The number of ether oxygens (including phenoxy) is 1. The second-order valence-electron chi connectivity index (χ2n) is 5.44. The van der Waals surface area contributed by atoms with Gasteiger partial charge in [-0.2, -0.15) is 0 Å². The minimum atomic E-state index is 0.353. The predicted octanol–water partition coefficient (Wildman–Crippen LogP) is 2.01. The number of imidazole rings is 1. The van der Waals surface area contributed by atoms with Crippen LogP contribution in [0.1, 0.15) is 11.3 Å². The van der Waals surface area contributed by atoms with E-state index in [1.165, 1.54) is 0 Å². The van der Waals surface area contributed by atoms with Crippen molar-refractivity contribution < 1.29 is 4.74 Å². The molecule has 0 aliphatic carbocycles. The Morgan fingerprint density at radius 1 is 1.29 bits per heavy atom. The number of fused-ring (bicyclic) bond motifs is 1. The highest BCUT2D eigenvalue weighted by Crippen LogP contribution is 2.24. The van der Waals surface area contributed by atoms with Gasteiger partial charge in [0.05, 0.1) is 12.0 Å². The van der Waals surface area contributed by atoms with Crippen LogP contribution in [0.3, 0.4) is 0 Å². The normalized spacial score (nSPS) is 11.0. The van der Waals surface area contributed by atoms with E-state index < -0.39 is 0 Å². The molecule has 0 saturated heterocycles. The first-order valence-electron chi connectivity index (χ1n) is 7.39. The van der Waals surface area contributed by atoms with E-state index in [1.807, 2.05) is 42.0 Å². The van der Waals surface area contributed by atoms with E-state index in [1.54, 1.807) is 12.4 Å². The number of pyridine rings is 1. The van der Waals surface area contributed by atoms with E-state index in [4.69, 9.17) is 10.5 Å². The van der Waals surface area contributed by atoms with E-state index in [9.17, 15) is 0 Å². The van der Waals surface area contributed by atoms with Gasteiger partial charge in [0, 0.05) is 18.0 Å². The van der Waals surface area contributed by atoms with Crippen LogP contribution in [0, 0.1) is 6.92 Å². The molecule has 3 aromatic heterocycles. The summed E-state index contributed by atoms with van der Waals surface area (Å²) in [5.41, 5.74) is 9.86. The average Bonchev–Trinajstić information content (AvgIpc) is 3.21.